The highest BCUT2D eigenvalue weighted by atomic mass is 16.6. The number of hydrogen-bond acceptors (Lipinski definition) is 4. The lowest BCUT2D eigenvalue weighted by Gasteiger charge is -1.96. The number of nitrogens with zero attached hydrogens (tertiary/aromatic N) is 2. The summed E-state index contributed by atoms with van der Waals surface area (Å²) in [6.45, 7) is -0.189. The summed E-state index contributed by atoms with van der Waals surface area (Å²) in [5.41, 5.74) is 0.287. The van der Waals surface area contributed by atoms with Crippen molar-refractivity contribution in [2.45, 2.75) is 0 Å². The lowest BCUT2D eigenvalue weighted by molar-refractivity contribution is -0.578. The van der Waals surface area contributed by atoms with Crippen molar-refractivity contribution < 1.29 is 19.3 Å². The zero-order valence-corrected chi connectivity index (χ0v) is 8.29. The molecule has 2 aromatic rings. The van der Waals surface area contributed by atoms with Gasteiger partial charge >= 0.3 is 17.1 Å². The molecule has 16 heavy (non-hydrogen) atoms. The van der Waals surface area contributed by atoms with Crippen molar-refractivity contribution in [3.63, 3.8) is 0 Å². The van der Waals surface area contributed by atoms with Crippen LogP contribution in [0.25, 0.3) is 5.52 Å². The Kier molecular flexibility index (Phi) is 2.69. The van der Waals surface area contributed by atoms with Crippen LogP contribution < -0.4 is 9.25 Å². The van der Waals surface area contributed by atoms with Gasteiger partial charge in [-0.15, -0.1) is 5.10 Å². The Morgan fingerprint density at radius 2 is 2.38 bits per heavy atom. The highest BCUT2D eigenvalue weighted by molar-refractivity contribution is 5.64. The Balaban J connectivity index is 2.54. The summed E-state index contributed by atoms with van der Waals surface area (Å²) in [5.74, 6) is 0.0465. The lowest BCUT2D eigenvalue weighted by Crippen LogP contribution is -2.21. The van der Waals surface area contributed by atoms with E-state index in [1.165, 1.54) is 4.52 Å². The molecule has 0 fully saturated rings. The molecule has 0 amide bonds. The van der Waals surface area contributed by atoms with E-state index in [0.29, 0.717) is 5.52 Å². The van der Waals surface area contributed by atoms with Gasteiger partial charge in [0.25, 0.3) is 0 Å². The number of rotatable bonds is 4. The van der Waals surface area contributed by atoms with Crippen LogP contribution in [0, 0.1) is 10.1 Å². The van der Waals surface area contributed by atoms with Gasteiger partial charge in [-0.2, -0.15) is 0 Å². The molecule has 2 N–H and O–H groups in total. The van der Waals surface area contributed by atoms with Crippen molar-refractivity contribution in [3.05, 3.63) is 34.5 Å². The Morgan fingerprint density at radius 1 is 1.56 bits per heavy atom. The second kappa shape index (κ2) is 4.15. The quantitative estimate of drug-likeness (QED) is 0.435. The molecule has 0 spiro atoms. The van der Waals surface area contributed by atoms with Gasteiger partial charge in [0.1, 0.15) is 6.61 Å². The van der Waals surface area contributed by atoms with Gasteiger partial charge < -0.3 is 9.84 Å². The summed E-state index contributed by atoms with van der Waals surface area (Å²) in [5, 5.41) is 22.2. The number of H-pyrrole nitrogens is 1. The molecule has 0 atom stereocenters. The molecular formula is C9H10N3O4+. The minimum Gasteiger partial charge on any atom is -0.468 e. The maximum absolute atomic E-state index is 10.9. The summed E-state index contributed by atoms with van der Waals surface area (Å²) >= 11 is 0. The van der Waals surface area contributed by atoms with Gasteiger partial charge in [-0.3, -0.25) is 10.1 Å². The zero-order valence-electron chi connectivity index (χ0n) is 8.29. The van der Waals surface area contributed by atoms with Crippen molar-refractivity contribution in [2.75, 3.05) is 13.2 Å². The Hall–Kier alpha value is -2.15. The molecule has 0 saturated carbocycles. The first-order valence-electron chi connectivity index (χ1n) is 4.64. The summed E-state index contributed by atoms with van der Waals surface area (Å²) < 4.78 is 6.56. The van der Waals surface area contributed by atoms with E-state index >= 15 is 0 Å². The molecule has 0 radical (unpaired) electrons. The summed E-state index contributed by atoms with van der Waals surface area (Å²) in [7, 11) is 0. The SMILES string of the molecule is O=[N+]([O-])c1c(OCCO)[nH][n+]2ccccc12. The third kappa shape index (κ3) is 1.68. The van der Waals surface area contributed by atoms with Gasteiger partial charge in [0.05, 0.1) is 11.5 Å². The number of fused-ring (bicyclic) bond motifs is 1. The predicted molar refractivity (Wildman–Crippen MR) is 53.2 cm³/mol. The molecule has 7 nitrogen and oxygen atoms in total. The van der Waals surface area contributed by atoms with Crippen LogP contribution in [0.5, 0.6) is 5.88 Å². The first-order chi connectivity index (χ1) is 7.74. The molecular weight excluding hydrogens is 214 g/mol. The van der Waals surface area contributed by atoms with E-state index in [4.69, 9.17) is 9.84 Å². The van der Waals surface area contributed by atoms with Crippen LogP contribution in [-0.2, 0) is 0 Å². The maximum atomic E-state index is 10.9. The molecule has 0 bridgehead atoms. The monoisotopic (exact) mass is 224 g/mol. The van der Waals surface area contributed by atoms with Crippen LogP contribution >= 0.6 is 0 Å². The number of aliphatic hydroxyl groups is 1. The van der Waals surface area contributed by atoms with Crippen molar-refractivity contribution >= 4 is 11.2 Å². The standard InChI is InChI=1S/C9H9N3O4/c13-5-6-16-9-8(12(14)15)7-3-1-2-4-11(7)10-9/h1-4,13H,5-6H2/p+1. The lowest BCUT2D eigenvalue weighted by atomic mass is 10.3. The molecule has 2 aromatic heterocycles. The largest absolute Gasteiger partial charge is 0.468 e. The van der Waals surface area contributed by atoms with E-state index in [9.17, 15) is 10.1 Å². The minimum atomic E-state index is -0.515. The molecule has 84 valence electrons. The topological polar surface area (TPSA) is 92.5 Å². The molecule has 2 heterocycles. The first kappa shape index (κ1) is 10.4. The Morgan fingerprint density at radius 3 is 3.06 bits per heavy atom. The smallest absolute Gasteiger partial charge is 0.407 e. The predicted octanol–water partition coefficient (Wildman–Crippen LogP) is 0.0327. The second-order valence-electron chi connectivity index (χ2n) is 3.07. The molecule has 2 rings (SSSR count). The van der Waals surface area contributed by atoms with Crippen LogP contribution in [0.2, 0.25) is 0 Å². The van der Waals surface area contributed by atoms with Crippen LogP contribution in [-0.4, -0.2) is 28.3 Å². The zero-order chi connectivity index (χ0) is 11.5. The molecule has 0 aliphatic rings. The summed E-state index contributed by atoms with van der Waals surface area (Å²) in [4.78, 5) is 10.4. The van der Waals surface area contributed by atoms with Gasteiger partial charge in [-0.1, -0.05) is 4.52 Å². The number of ether oxygens (including phenoxy) is 1. The third-order valence-corrected chi connectivity index (χ3v) is 2.06. The summed E-state index contributed by atoms with van der Waals surface area (Å²) in [6, 6.07) is 5.05. The van der Waals surface area contributed by atoms with Crippen molar-refractivity contribution in [1.82, 2.24) is 5.10 Å². The minimum absolute atomic E-state index is 0.00816. The fourth-order valence-corrected chi connectivity index (χ4v) is 1.44. The summed E-state index contributed by atoms with van der Waals surface area (Å²) in [6.07, 6.45) is 1.65. The van der Waals surface area contributed by atoms with E-state index in [2.05, 4.69) is 5.10 Å². The molecule has 0 unspecified atom stereocenters. The molecule has 0 saturated heterocycles. The van der Waals surface area contributed by atoms with Crippen LogP contribution in [0.1, 0.15) is 0 Å². The van der Waals surface area contributed by atoms with Crippen molar-refractivity contribution in [3.8, 4) is 5.88 Å². The third-order valence-electron chi connectivity index (χ3n) is 2.06. The van der Waals surface area contributed by atoms with Gasteiger partial charge in [0.15, 0.2) is 0 Å². The number of pyridine rings is 1. The van der Waals surface area contributed by atoms with Crippen molar-refractivity contribution in [2.24, 2.45) is 0 Å². The number of aromatic amines is 1. The average molecular weight is 224 g/mol. The highest BCUT2D eigenvalue weighted by Crippen LogP contribution is 2.27. The van der Waals surface area contributed by atoms with Gasteiger partial charge in [0.2, 0.25) is 6.20 Å². The fraction of sp³-hybridized carbons (Fsp3) is 0.222. The molecule has 0 aliphatic heterocycles. The van der Waals surface area contributed by atoms with E-state index in [0.717, 1.165) is 0 Å². The number of nitrogens with one attached hydrogen (secondary N) is 1. The number of hydrogen-bond donors (Lipinski definition) is 2. The molecule has 0 aromatic carbocycles. The fourth-order valence-electron chi connectivity index (χ4n) is 1.44. The molecule has 0 aliphatic carbocycles. The number of aliphatic hydroxyl groups excluding tert-OH is 1. The van der Waals surface area contributed by atoms with E-state index in [-0.39, 0.29) is 24.8 Å². The normalized spacial score (nSPS) is 10.6. The highest BCUT2D eigenvalue weighted by Gasteiger charge is 2.30. The first-order valence-corrected chi connectivity index (χ1v) is 4.64. The van der Waals surface area contributed by atoms with Crippen LogP contribution in [0.3, 0.4) is 0 Å². The van der Waals surface area contributed by atoms with E-state index in [1.807, 2.05) is 0 Å². The van der Waals surface area contributed by atoms with Gasteiger partial charge in [-0.25, -0.2) is 0 Å². The van der Waals surface area contributed by atoms with Crippen LogP contribution in [0.15, 0.2) is 24.4 Å². The average Bonchev–Trinajstić information content (AvgIpc) is 2.64. The van der Waals surface area contributed by atoms with Gasteiger partial charge in [-0.05, 0) is 6.07 Å². The van der Waals surface area contributed by atoms with Gasteiger partial charge in [0, 0.05) is 12.1 Å². The Bertz CT molecular complexity index is 522. The molecule has 7 heteroatoms. The van der Waals surface area contributed by atoms with E-state index in [1.54, 1.807) is 24.4 Å². The number of nitro groups is 1. The maximum Gasteiger partial charge on any atom is 0.407 e. The Labute approximate surface area is 90.0 Å². The second-order valence-corrected chi connectivity index (χ2v) is 3.07. The van der Waals surface area contributed by atoms with E-state index < -0.39 is 4.92 Å². The number of aromatic nitrogens is 2. The van der Waals surface area contributed by atoms with Crippen LogP contribution in [0.4, 0.5) is 5.69 Å². The van der Waals surface area contributed by atoms with Crippen molar-refractivity contribution in [1.29, 1.82) is 0 Å².